The zero-order valence-electron chi connectivity index (χ0n) is 11.4. The van der Waals surface area contributed by atoms with Crippen LogP contribution in [0.1, 0.15) is 5.56 Å². The van der Waals surface area contributed by atoms with Crippen molar-refractivity contribution in [2.75, 3.05) is 6.61 Å². The summed E-state index contributed by atoms with van der Waals surface area (Å²) >= 11 is 1.14. The first-order valence-corrected chi connectivity index (χ1v) is 7.33. The van der Waals surface area contributed by atoms with Crippen LogP contribution in [0.15, 0.2) is 30.3 Å². The number of esters is 1. The van der Waals surface area contributed by atoms with Crippen molar-refractivity contribution in [3.8, 4) is 5.75 Å². The van der Waals surface area contributed by atoms with Gasteiger partial charge in [-0.15, -0.1) is 0 Å². The Morgan fingerprint density at radius 1 is 0.957 bits per heavy atom. The van der Waals surface area contributed by atoms with E-state index in [1.54, 1.807) is 30.3 Å². The minimum atomic E-state index is -1.59. The van der Waals surface area contributed by atoms with Gasteiger partial charge in [-0.2, -0.15) is 0 Å². The Kier molecular flexibility index (Phi) is 5.80. The van der Waals surface area contributed by atoms with E-state index in [2.05, 4.69) is 4.74 Å². The molecule has 0 amide bonds. The van der Waals surface area contributed by atoms with Crippen molar-refractivity contribution in [3.63, 3.8) is 0 Å². The normalized spacial score (nSPS) is 10.5. The van der Waals surface area contributed by atoms with Crippen molar-refractivity contribution in [3.05, 3.63) is 62.7 Å². The van der Waals surface area contributed by atoms with Crippen LogP contribution < -0.4 is 4.74 Å². The largest absolute Gasteiger partial charge is 0.482 e. The number of hydrogen-bond donors (Lipinski definition) is 0. The lowest BCUT2D eigenvalue weighted by Crippen LogP contribution is -2.16. The van der Waals surface area contributed by atoms with Gasteiger partial charge >= 0.3 is 5.97 Å². The van der Waals surface area contributed by atoms with Crippen molar-refractivity contribution in [1.29, 1.82) is 0 Å². The van der Waals surface area contributed by atoms with Crippen molar-refractivity contribution < 1.29 is 31.8 Å². The molecule has 0 aliphatic rings. The molecule has 0 aromatic heterocycles. The maximum absolute atomic E-state index is 13.6. The van der Waals surface area contributed by atoms with E-state index < -0.39 is 51.6 Å². The molecule has 0 aliphatic carbocycles. The number of rotatable bonds is 5. The summed E-state index contributed by atoms with van der Waals surface area (Å²) in [6.45, 7) is -1.46. The highest BCUT2D eigenvalue weighted by Gasteiger charge is 2.24. The summed E-state index contributed by atoms with van der Waals surface area (Å²) in [5.74, 6) is -6.79. The van der Waals surface area contributed by atoms with Crippen LogP contribution in [-0.2, 0) is 16.1 Å². The van der Waals surface area contributed by atoms with E-state index in [1.807, 2.05) is 0 Å². The zero-order valence-corrected chi connectivity index (χ0v) is 13.6. The molecule has 0 heterocycles. The predicted molar refractivity (Wildman–Crippen MR) is 80.7 cm³/mol. The van der Waals surface area contributed by atoms with E-state index in [0.717, 1.165) is 22.6 Å². The Morgan fingerprint density at radius 2 is 1.52 bits per heavy atom. The number of hydrogen-bond acceptors (Lipinski definition) is 3. The molecule has 23 heavy (non-hydrogen) atoms. The Balaban J connectivity index is 2.00. The van der Waals surface area contributed by atoms with Crippen LogP contribution in [0.4, 0.5) is 17.6 Å². The number of carbonyl (C=O) groups is 1. The van der Waals surface area contributed by atoms with Crippen molar-refractivity contribution in [2.45, 2.75) is 6.61 Å². The second kappa shape index (κ2) is 7.62. The third-order valence-electron chi connectivity index (χ3n) is 2.78. The second-order valence-corrected chi connectivity index (χ2v) is 5.39. The average molecular weight is 440 g/mol. The first kappa shape index (κ1) is 17.5. The second-order valence-electron chi connectivity index (χ2n) is 4.31. The van der Waals surface area contributed by atoms with E-state index in [0.29, 0.717) is 5.75 Å². The molecule has 0 fully saturated rings. The van der Waals surface area contributed by atoms with Crippen LogP contribution in [0.3, 0.4) is 0 Å². The summed E-state index contributed by atoms with van der Waals surface area (Å²) in [6, 6.07) is 8.30. The van der Waals surface area contributed by atoms with Crippen molar-refractivity contribution >= 4 is 28.6 Å². The standard InChI is InChI=1S/C15H9F4IO3/c16-11-9(12(17)14(19)15(20)13(11)18)6-23-10(21)7-22-8-4-2-1-3-5-8/h1-5H,6-7H2. The molecule has 3 nitrogen and oxygen atoms in total. The first-order valence-electron chi connectivity index (χ1n) is 6.25. The van der Waals surface area contributed by atoms with Gasteiger partial charge in [-0.3, -0.25) is 0 Å². The molecular weight excluding hydrogens is 431 g/mol. The SMILES string of the molecule is O=C(COc1ccccc1)OCc1c(F)c(F)c(I)c(F)c1F. The molecular formula is C15H9F4IO3. The predicted octanol–water partition coefficient (Wildman–Crippen LogP) is 3.97. The summed E-state index contributed by atoms with van der Waals surface area (Å²) in [5.41, 5.74) is -0.992. The topological polar surface area (TPSA) is 35.5 Å². The van der Waals surface area contributed by atoms with Crippen LogP contribution >= 0.6 is 22.6 Å². The van der Waals surface area contributed by atoms with E-state index in [1.165, 1.54) is 0 Å². The van der Waals surface area contributed by atoms with Gasteiger partial charge in [0.25, 0.3) is 0 Å². The highest BCUT2D eigenvalue weighted by Crippen LogP contribution is 2.25. The lowest BCUT2D eigenvalue weighted by Gasteiger charge is -2.10. The van der Waals surface area contributed by atoms with Crippen molar-refractivity contribution in [2.24, 2.45) is 0 Å². The van der Waals surface area contributed by atoms with Crippen LogP contribution in [0, 0.1) is 26.8 Å². The molecule has 2 rings (SSSR count). The minimum absolute atomic E-state index is 0.396. The maximum atomic E-state index is 13.6. The molecule has 0 bridgehead atoms. The first-order chi connectivity index (χ1) is 10.9. The van der Waals surface area contributed by atoms with Gasteiger partial charge in [0.2, 0.25) is 0 Å². The number of ether oxygens (including phenoxy) is 2. The van der Waals surface area contributed by atoms with Gasteiger partial charge in [0.05, 0.1) is 9.13 Å². The molecule has 0 N–H and O–H groups in total. The van der Waals surface area contributed by atoms with Gasteiger partial charge < -0.3 is 9.47 Å². The van der Waals surface area contributed by atoms with Gasteiger partial charge in [0.15, 0.2) is 29.9 Å². The number of para-hydroxylation sites is 1. The molecule has 0 radical (unpaired) electrons. The van der Waals surface area contributed by atoms with Gasteiger partial charge in [-0.25, -0.2) is 22.4 Å². The fourth-order valence-electron chi connectivity index (χ4n) is 1.63. The summed E-state index contributed by atoms with van der Waals surface area (Å²) < 4.78 is 62.8. The zero-order chi connectivity index (χ0) is 17.0. The van der Waals surface area contributed by atoms with Crippen LogP contribution in [0.2, 0.25) is 0 Å². The summed E-state index contributed by atoms with van der Waals surface area (Å²) in [4.78, 5) is 11.5. The fourth-order valence-corrected chi connectivity index (χ4v) is 2.10. The summed E-state index contributed by atoms with van der Waals surface area (Å²) in [6.07, 6.45) is 0. The summed E-state index contributed by atoms with van der Waals surface area (Å²) in [7, 11) is 0. The molecule has 2 aromatic rings. The Morgan fingerprint density at radius 3 is 2.09 bits per heavy atom. The lowest BCUT2D eigenvalue weighted by molar-refractivity contribution is -0.147. The molecule has 8 heteroatoms. The smallest absolute Gasteiger partial charge is 0.344 e. The van der Waals surface area contributed by atoms with E-state index >= 15 is 0 Å². The third kappa shape index (κ3) is 4.12. The third-order valence-corrected chi connectivity index (χ3v) is 3.73. The van der Waals surface area contributed by atoms with Gasteiger partial charge in [0, 0.05) is 0 Å². The molecule has 0 atom stereocenters. The monoisotopic (exact) mass is 440 g/mol. The quantitative estimate of drug-likeness (QED) is 0.232. The van der Waals surface area contributed by atoms with Crippen LogP contribution in [0.25, 0.3) is 0 Å². The Hall–Kier alpha value is -1.84. The van der Waals surface area contributed by atoms with Crippen LogP contribution in [0.5, 0.6) is 5.75 Å². The number of carbonyl (C=O) groups excluding carboxylic acids is 1. The maximum Gasteiger partial charge on any atom is 0.344 e. The molecule has 122 valence electrons. The van der Waals surface area contributed by atoms with Gasteiger partial charge in [0.1, 0.15) is 12.4 Å². The molecule has 0 saturated carbocycles. The van der Waals surface area contributed by atoms with E-state index in [9.17, 15) is 22.4 Å². The van der Waals surface area contributed by atoms with Crippen molar-refractivity contribution in [1.82, 2.24) is 0 Å². The highest BCUT2D eigenvalue weighted by molar-refractivity contribution is 14.1. The average Bonchev–Trinajstić information content (AvgIpc) is 2.57. The molecule has 0 spiro atoms. The molecule has 0 unspecified atom stereocenters. The van der Waals surface area contributed by atoms with Gasteiger partial charge in [-0.1, -0.05) is 18.2 Å². The molecule has 2 aromatic carbocycles. The van der Waals surface area contributed by atoms with E-state index in [-0.39, 0.29) is 0 Å². The molecule has 0 aliphatic heterocycles. The number of benzene rings is 2. The van der Waals surface area contributed by atoms with E-state index in [4.69, 9.17) is 4.74 Å². The highest BCUT2D eigenvalue weighted by atomic mass is 127. The minimum Gasteiger partial charge on any atom is -0.482 e. The Bertz CT molecular complexity index is 693. The lowest BCUT2D eigenvalue weighted by atomic mass is 10.2. The molecule has 0 saturated heterocycles. The Labute approximate surface area is 142 Å². The van der Waals surface area contributed by atoms with Gasteiger partial charge in [-0.05, 0) is 34.7 Å². The number of halogens is 5. The fraction of sp³-hybridized carbons (Fsp3) is 0.133. The van der Waals surface area contributed by atoms with Crippen LogP contribution in [-0.4, -0.2) is 12.6 Å². The summed E-state index contributed by atoms with van der Waals surface area (Å²) in [5, 5.41) is 0.